The Balaban J connectivity index is 1.27. The topological polar surface area (TPSA) is 36.0 Å². The van der Waals surface area contributed by atoms with Crippen molar-refractivity contribution in [1.82, 2.24) is 4.90 Å². The van der Waals surface area contributed by atoms with Crippen molar-refractivity contribution < 1.29 is 9.53 Å². The van der Waals surface area contributed by atoms with E-state index in [0.717, 1.165) is 87.0 Å². The lowest BCUT2D eigenvalue weighted by atomic mass is 9.86. The zero-order valence-corrected chi connectivity index (χ0v) is 22.4. The van der Waals surface area contributed by atoms with Gasteiger partial charge in [0, 0.05) is 55.4 Å². The van der Waals surface area contributed by atoms with Crippen molar-refractivity contribution in [2.45, 2.75) is 64.3 Å². The van der Waals surface area contributed by atoms with Gasteiger partial charge in [-0.05, 0) is 61.9 Å². The maximum Gasteiger partial charge on any atom is 0.230 e. The summed E-state index contributed by atoms with van der Waals surface area (Å²) >= 11 is 6.35. The van der Waals surface area contributed by atoms with Gasteiger partial charge in [-0.2, -0.15) is 0 Å². The van der Waals surface area contributed by atoms with Gasteiger partial charge in [0.25, 0.3) is 0 Å². The molecule has 2 fully saturated rings. The van der Waals surface area contributed by atoms with Gasteiger partial charge in [-0.3, -0.25) is 9.69 Å². The minimum atomic E-state index is 0.189. The molecule has 0 spiro atoms. The number of nitrogens with zero attached hydrogens (tertiary/aromatic N) is 3. The molecule has 0 bridgehead atoms. The molecule has 194 valence electrons. The summed E-state index contributed by atoms with van der Waals surface area (Å²) in [5.41, 5.74) is 3.57. The molecule has 1 atom stereocenters. The van der Waals surface area contributed by atoms with E-state index >= 15 is 0 Å². The summed E-state index contributed by atoms with van der Waals surface area (Å²) in [5, 5.41) is 0.744. The number of halogens is 1. The van der Waals surface area contributed by atoms with Gasteiger partial charge in [0.2, 0.25) is 5.91 Å². The number of aryl methyl sites for hydroxylation is 1. The highest BCUT2D eigenvalue weighted by Gasteiger charge is 2.36. The van der Waals surface area contributed by atoms with Crippen molar-refractivity contribution in [2.75, 3.05) is 49.1 Å². The fourth-order valence-electron chi connectivity index (χ4n) is 6.16. The Kier molecular flexibility index (Phi) is 8.38. The van der Waals surface area contributed by atoms with Crippen molar-refractivity contribution in [2.24, 2.45) is 5.92 Å². The first-order chi connectivity index (χ1) is 17.6. The van der Waals surface area contributed by atoms with E-state index in [2.05, 4.69) is 45.9 Å². The van der Waals surface area contributed by atoms with Crippen LogP contribution in [-0.4, -0.2) is 56.2 Å². The number of anilines is 2. The maximum absolute atomic E-state index is 13.8. The van der Waals surface area contributed by atoms with Crippen LogP contribution in [0.15, 0.2) is 42.5 Å². The maximum atomic E-state index is 13.8. The predicted octanol–water partition coefficient (Wildman–Crippen LogP) is 6.18. The largest absolute Gasteiger partial charge is 0.491 e. The van der Waals surface area contributed by atoms with E-state index in [0.29, 0.717) is 12.5 Å². The second kappa shape index (κ2) is 11.9. The molecule has 36 heavy (non-hydrogen) atoms. The van der Waals surface area contributed by atoms with Crippen LogP contribution in [-0.2, 0) is 11.2 Å². The number of rotatable bonds is 7. The molecule has 2 aromatic rings. The van der Waals surface area contributed by atoms with Gasteiger partial charge in [-0.25, -0.2) is 0 Å². The highest BCUT2D eigenvalue weighted by Crippen LogP contribution is 2.36. The molecule has 5 nitrogen and oxygen atoms in total. The number of hydrogen-bond acceptors (Lipinski definition) is 4. The Morgan fingerprint density at radius 1 is 0.972 bits per heavy atom. The number of benzene rings is 2. The van der Waals surface area contributed by atoms with Crippen molar-refractivity contribution >= 4 is 28.9 Å². The fourth-order valence-corrected chi connectivity index (χ4v) is 6.33. The Morgan fingerprint density at radius 3 is 2.53 bits per heavy atom. The number of carbonyl (C=O) groups excluding carboxylic acids is 1. The Labute approximate surface area is 221 Å². The number of para-hydroxylation sites is 1. The van der Waals surface area contributed by atoms with Crippen LogP contribution in [0.1, 0.15) is 57.4 Å². The van der Waals surface area contributed by atoms with E-state index in [1.54, 1.807) is 0 Å². The summed E-state index contributed by atoms with van der Waals surface area (Å²) in [5.74, 6) is 1.47. The van der Waals surface area contributed by atoms with Gasteiger partial charge >= 0.3 is 0 Å². The molecular weight excluding hydrogens is 470 g/mol. The molecule has 2 heterocycles. The number of ether oxygens (including phenoxy) is 1. The summed E-state index contributed by atoms with van der Waals surface area (Å²) in [4.78, 5) is 21.0. The monoisotopic (exact) mass is 509 g/mol. The van der Waals surface area contributed by atoms with Crippen LogP contribution in [0.25, 0.3) is 0 Å². The molecule has 2 aliphatic heterocycles. The molecule has 1 saturated heterocycles. The van der Waals surface area contributed by atoms with Gasteiger partial charge in [-0.15, -0.1) is 0 Å². The highest BCUT2D eigenvalue weighted by atomic mass is 35.5. The van der Waals surface area contributed by atoms with Crippen LogP contribution in [0.3, 0.4) is 0 Å². The third-order valence-electron chi connectivity index (χ3n) is 8.12. The predicted molar refractivity (Wildman–Crippen MR) is 149 cm³/mol. The van der Waals surface area contributed by atoms with E-state index in [1.165, 1.54) is 24.8 Å². The van der Waals surface area contributed by atoms with Crippen LogP contribution in [0.4, 0.5) is 11.4 Å². The van der Waals surface area contributed by atoms with E-state index in [1.807, 2.05) is 18.2 Å². The number of piperazine rings is 1. The smallest absolute Gasteiger partial charge is 0.230 e. The Morgan fingerprint density at radius 2 is 1.75 bits per heavy atom. The third kappa shape index (κ3) is 5.68. The molecule has 1 unspecified atom stereocenters. The first kappa shape index (κ1) is 25.4. The van der Waals surface area contributed by atoms with Gasteiger partial charge < -0.3 is 14.5 Å². The fraction of sp³-hybridized carbons (Fsp3) is 0.567. The summed E-state index contributed by atoms with van der Waals surface area (Å²) < 4.78 is 6.02. The lowest BCUT2D eigenvalue weighted by Crippen LogP contribution is -2.55. The molecule has 1 aliphatic carbocycles. The van der Waals surface area contributed by atoms with Crippen LogP contribution < -0.4 is 14.5 Å². The average Bonchev–Trinajstić information content (AvgIpc) is 2.93. The number of fused-ring (bicyclic) bond motifs is 1. The summed E-state index contributed by atoms with van der Waals surface area (Å²) in [6, 6.07) is 14.7. The van der Waals surface area contributed by atoms with Gasteiger partial charge in [-0.1, -0.05) is 56.0 Å². The molecule has 0 radical (unpaired) electrons. The zero-order chi connectivity index (χ0) is 24.9. The molecule has 6 heteroatoms. The second-order valence-electron chi connectivity index (χ2n) is 10.6. The van der Waals surface area contributed by atoms with Crippen molar-refractivity contribution in [1.29, 1.82) is 0 Å². The molecule has 2 aromatic carbocycles. The third-order valence-corrected chi connectivity index (χ3v) is 8.35. The average molecular weight is 510 g/mol. The normalized spacial score (nSPS) is 21.3. The van der Waals surface area contributed by atoms with Crippen molar-refractivity contribution in [3.8, 4) is 5.75 Å². The minimum absolute atomic E-state index is 0.189. The van der Waals surface area contributed by atoms with Gasteiger partial charge in [0.05, 0.1) is 12.3 Å². The highest BCUT2D eigenvalue weighted by molar-refractivity contribution is 6.30. The molecule has 5 rings (SSSR count). The first-order valence-corrected chi connectivity index (χ1v) is 14.3. The standard InChI is InChI=1S/C30H40ClN3O2/c1-2-20-36-29-15-13-25(31)21-28(29)33-18-16-32(17-19-33)22-26-14-12-23-8-6-7-11-27(23)34(26)30(35)24-9-4-3-5-10-24/h6-8,11,13,15,21,24,26H,2-5,9-10,12,14,16-20,22H2,1H3. The Hall–Kier alpha value is -2.24. The van der Waals surface area contributed by atoms with Crippen LogP contribution >= 0.6 is 11.6 Å². The second-order valence-corrected chi connectivity index (χ2v) is 11.0. The molecule has 0 N–H and O–H groups in total. The molecule has 1 saturated carbocycles. The molecule has 1 amide bonds. The quantitative estimate of drug-likeness (QED) is 0.446. The minimum Gasteiger partial charge on any atom is -0.491 e. The summed E-state index contributed by atoms with van der Waals surface area (Å²) in [7, 11) is 0. The van der Waals surface area contributed by atoms with Crippen molar-refractivity contribution in [3.05, 3.63) is 53.1 Å². The summed E-state index contributed by atoms with van der Waals surface area (Å²) in [6.07, 6.45) is 8.81. The number of amides is 1. The lowest BCUT2D eigenvalue weighted by molar-refractivity contribution is -0.124. The molecule has 0 aromatic heterocycles. The van der Waals surface area contributed by atoms with Gasteiger partial charge in [0.1, 0.15) is 5.75 Å². The lowest BCUT2D eigenvalue weighted by Gasteiger charge is -2.44. The zero-order valence-electron chi connectivity index (χ0n) is 21.6. The SMILES string of the molecule is CCCOc1ccc(Cl)cc1N1CCN(CC2CCc3ccccc3N2C(=O)C2CCCCC2)CC1. The van der Waals surface area contributed by atoms with E-state index < -0.39 is 0 Å². The first-order valence-electron chi connectivity index (χ1n) is 13.9. The molecule has 3 aliphatic rings. The van der Waals surface area contributed by atoms with Gasteiger partial charge in [0.15, 0.2) is 0 Å². The van der Waals surface area contributed by atoms with E-state index in [9.17, 15) is 4.79 Å². The van der Waals surface area contributed by atoms with E-state index in [4.69, 9.17) is 16.3 Å². The van der Waals surface area contributed by atoms with Crippen molar-refractivity contribution in [3.63, 3.8) is 0 Å². The van der Waals surface area contributed by atoms with Crippen LogP contribution in [0.5, 0.6) is 5.75 Å². The van der Waals surface area contributed by atoms with E-state index in [-0.39, 0.29) is 12.0 Å². The van der Waals surface area contributed by atoms with Crippen LogP contribution in [0, 0.1) is 5.92 Å². The molecular formula is C30H40ClN3O2. The summed E-state index contributed by atoms with van der Waals surface area (Å²) in [6.45, 7) is 7.59. The number of carbonyl (C=O) groups is 1. The Bertz CT molecular complexity index is 1030. The van der Waals surface area contributed by atoms with Crippen LogP contribution in [0.2, 0.25) is 5.02 Å². The number of hydrogen-bond donors (Lipinski definition) is 0.